The van der Waals surface area contributed by atoms with Crippen LogP contribution >= 0.6 is 0 Å². The molecule has 1 aromatic heterocycles. The van der Waals surface area contributed by atoms with Crippen molar-refractivity contribution in [2.24, 2.45) is 5.73 Å². The van der Waals surface area contributed by atoms with Gasteiger partial charge in [-0.15, -0.1) is 0 Å². The molecule has 0 spiro atoms. The van der Waals surface area contributed by atoms with Crippen molar-refractivity contribution in [2.75, 3.05) is 5.32 Å². The number of fused-ring (bicyclic) bond motifs is 3. The molecule has 2 amide bonds. The molecule has 0 saturated heterocycles. The Hall–Kier alpha value is -4.33. The molecule has 0 aliphatic rings. The molecule has 1 heterocycles. The summed E-state index contributed by atoms with van der Waals surface area (Å²) >= 11 is 0. The van der Waals surface area contributed by atoms with E-state index in [9.17, 15) is 18.0 Å². The van der Waals surface area contributed by atoms with Crippen molar-refractivity contribution in [3.05, 3.63) is 90.6 Å². The molecule has 5 aromatic rings. The minimum Gasteiger partial charge on any atom is -0.351 e. The van der Waals surface area contributed by atoms with Gasteiger partial charge in [0.25, 0.3) is 0 Å². The van der Waals surface area contributed by atoms with Gasteiger partial charge in [0.05, 0.1) is 11.4 Å². The summed E-state index contributed by atoms with van der Waals surface area (Å²) in [5.74, 6) is 0. The van der Waals surface area contributed by atoms with Crippen LogP contribution in [0.3, 0.4) is 0 Å². The van der Waals surface area contributed by atoms with Gasteiger partial charge in [-0.1, -0.05) is 48.5 Å². The molecule has 33 heavy (non-hydrogen) atoms. The number of aromatic nitrogens is 2. The van der Waals surface area contributed by atoms with Gasteiger partial charge in [0, 0.05) is 11.3 Å². The lowest BCUT2D eigenvalue weighted by Gasteiger charge is -2.13. The summed E-state index contributed by atoms with van der Waals surface area (Å²) in [6.07, 6.45) is -4.61. The van der Waals surface area contributed by atoms with Crippen molar-refractivity contribution in [3.63, 3.8) is 0 Å². The number of anilines is 1. The summed E-state index contributed by atoms with van der Waals surface area (Å²) in [6, 6.07) is 23.8. The number of benzene rings is 4. The molecular formula is C25H17F3N4O. The predicted octanol–water partition coefficient (Wildman–Crippen LogP) is 6.36. The Morgan fingerprint density at radius 3 is 2.15 bits per heavy atom. The lowest BCUT2D eigenvalue weighted by molar-refractivity contribution is -0.141. The Bertz CT molecular complexity index is 1500. The molecule has 3 N–H and O–H groups in total. The maximum Gasteiger partial charge on any atom is 0.435 e. The number of hydrogen-bond donors (Lipinski definition) is 2. The van der Waals surface area contributed by atoms with Crippen molar-refractivity contribution in [1.82, 2.24) is 9.78 Å². The van der Waals surface area contributed by atoms with Gasteiger partial charge in [-0.25, -0.2) is 9.48 Å². The second-order valence-electron chi connectivity index (χ2n) is 7.55. The third-order valence-corrected chi connectivity index (χ3v) is 5.42. The molecule has 8 heteroatoms. The first-order valence-electron chi connectivity index (χ1n) is 10.1. The zero-order valence-corrected chi connectivity index (χ0v) is 17.1. The van der Waals surface area contributed by atoms with Gasteiger partial charge in [0.1, 0.15) is 0 Å². The van der Waals surface area contributed by atoms with Gasteiger partial charge in [-0.05, 0) is 57.9 Å². The Morgan fingerprint density at radius 1 is 0.848 bits per heavy atom. The maximum absolute atomic E-state index is 13.6. The SMILES string of the molecule is NC(=O)Nc1ccc(-n2nc(C(F)(F)F)cc2-c2cc3ccccc3c3ccccc23)cc1. The minimum absolute atomic E-state index is 0.305. The fourth-order valence-electron chi connectivity index (χ4n) is 4.00. The number of nitrogens with zero attached hydrogens (tertiary/aromatic N) is 2. The minimum atomic E-state index is -4.61. The standard InChI is InChI=1S/C25H17F3N4O/c26-25(27,28)23-14-22(32(31-23)17-11-9-16(10-12-17)30-24(29)33)21-13-15-5-1-2-6-18(15)19-7-3-4-8-20(19)21/h1-14H,(H3,29,30,33). The van der Waals surface area contributed by atoms with Gasteiger partial charge in [0.15, 0.2) is 5.69 Å². The normalized spacial score (nSPS) is 11.7. The van der Waals surface area contributed by atoms with E-state index in [1.165, 1.54) is 4.68 Å². The zero-order valence-electron chi connectivity index (χ0n) is 17.1. The van der Waals surface area contributed by atoms with Gasteiger partial charge in [0.2, 0.25) is 0 Å². The molecule has 0 aliphatic heterocycles. The average Bonchev–Trinajstić information content (AvgIpc) is 3.24. The number of nitrogens with two attached hydrogens (primary N) is 1. The molecule has 0 unspecified atom stereocenters. The van der Waals surface area contributed by atoms with E-state index >= 15 is 0 Å². The van der Waals surface area contributed by atoms with Crippen LogP contribution in [0.5, 0.6) is 0 Å². The highest BCUT2D eigenvalue weighted by Gasteiger charge is 2.35. The predicted molar refractivity (Wildman–Crippen MR) is 122 cm³/mol. The highest BCUT2D eigenvalue weighted by Crippen LogP contribution is 2.38. The summed E-state index contributed by atoms with van der Waals surface area (Å²) in [5.41, 5.74) is 5.91. The molecule has 4 aromatic carbocycles. The molecule has 0 aliphatic carbocycles. The molecular weight excluding hydrogens is 429 g/mol. The van der Waals surface area contributed by atoms with Crippen molar-refractivity contribution in [2.45, 2.75) is 6.18 Å². The Kier molecular flexibility index (Phi) is 4.78. The van der Waals surface area contributed by atoms with Crippen molar-refractivity contribution >= 4 is 33.3 Å². The van der Waals surface area contributed by atoms with Crippen molar-refractivity contribution in [1.29, 1.82) is 0 Å². The number of amides is 2. The van der Waals surface area contributed by atoms with Crippen LogP contribution in [-0.2, 0) is 6.18 Å². The molecule has 0 saturated carbocycles. The monoisotopic (exact) mass is 446 g/mol. The number of carbonyl (C=O) groups is 1. The van der Waals surface area contributed by atoms with Gasteiger partial charge in [-0.2, -0.15) is 18.3 Å². The van der Waals surface area contributed by atoms with E-state index in [1.54, 1.807) is 24.3 Å². The van der Waals surface area contributed by atoms with E-state index in [0.717, 1.165) is 27.6 Å². The summed E-state index contributed by atoms with van der Waals surface area (Å²) in [4.78, 5) is 11.1. The van der Waals surface area contributed by atoms with Crippen molar-refractivity contribution in [3.8, 4) is 16.9 Å². The summed E-state index contributed by atoms with van der Waals surface area (Å²) in [5, 5.41) is 10.00. The zero-order chi connectivity index (χ0) is 23.2. The van der Waals surface area contributed by atoms with Crippen LogP contribution in [0.1, 0.15) is 5.69 Å². The molecule has 0 bridgehead atoms. The van der Waals surface area contributed by atoms with E-state index in [4.69, 9.17) is 5.73 Å². The highest BCUT2D eigenvalue weighted by molar-refractivity contribution is 6.13. The lowest BCUT2D eigenvalue weighted by atomic mass is 9.95. The molecule has 0 radical (unpaired) electrons. The largest absolute Gasteiger partial charge is 0.435 e. The number of halogens is 3. The average molecular weight is 446 g/mol. The molecule has 5 nitrogen and oxygen atoms in total. The van der Waals surface area contributed by atoms with Crippen LogP contribution in [0.2, 0.25) is 0 Å². The van der Waals surface area contributed by atoms with Crippen LogP contribution < -0.4 is 11.1 Å². The van der Waals surface area contributed by atoms with Crippen LogP contribution in [0.25, 0.3) is 38.5 Å². The maximum atomic E-state index is 13.6. The molecule has 0 atom stereocenters. The summed E-state index contributed by atoms with van der Waals surface area (Å²) in [7, 11) is 0. The number of carbonyl (C=O) groups excluding carboxylic acids is 1. The smallest absolute Gasteiger partial charge is 0.351 e. The third kappa shape index (κ3) is 3.76. The van der Waals surface area contributed by atoms with E-state index in [-0.39, 0.29) is 0 Å². The fourth-order valence-corrected chi connectivity index (χ4v) is 4.00. The Morgan fingerprint density at radius 2 is 1.48 bits per heavy atom. The first-order valence-corrected chi connectivity index (χ1v) is 10.1. The van der Waals surface area contributed by atoms with Gasteiger partial charge >= 0.3 is 12.2 Å². The van der Waals surface area contributed by atoms with E-state index in [2.05, 4.69) is 10.4 Å². The van der Waals surface area contributed by atoms with Gasteiger partial charge in [-0.3, -0.25) is 0 Å². The summed E-state index contributed by atoms with van der Waals surface area (Å²) < 4.78 is 42.2. The Labute approximate surface area is 186 Å². The first kappa shape index (κ1) is 20.6. The first-order chi connectivity index (χ1) is 15.8. The van der Waals surface area contributed by atoms with Gasteiger partial charge < -0.3 is 11.1 Å². The number of rotatable bonds is 3. The quantitative estimate of drug-likeness (QED) is 0.317. The second-order valence-corrected chi connectivity index (χ2v) is 7.55. The topological polar surface area (TPSA) is 72.9 Å². The van der Waals surface area contributed by atoms with Crippen LogP contribution in [0.15, 0.2) is 84.9 Å². The molecule has 5 rings (SSSR count). The Balaban J connectivity index is 1.77. The molecule has 0 fully saturated rings. The number of primary amides is 1. The summed E-state index contributed by atoms with van der Waals surface area (Å²) in [6.45, 7) is 0. The number of hydrogen-bond acceptors (Lipinski definition) is 2. The van der Waals surface area contributed by atoms with E-state index in [1.807, 2.05) is 54.6 Å². The van der Waals surface area contributed by atoms with Crippen molar-refractivity contribution < 1.29 is 18.0 Å². The highest BCUT2D eigenvalue weighted by atomic mass is 19.4. The number of urea groups is 1. The lowest BCUT2D eigenvalue weighted by Crippen LogP contribution is -2.19. The fraction of sp³-hybridized carbons (Fsp3) is 0.0400. The second kappa shape index (κ2) is 7.67. The van der Waals surface area contributed by atoms with Crippen LogP contribution in [-0.4, -0.2) is 15.8 Å². The number of nitrogens with one attached hydrogen (secondary N) is 1. The van der Waals surface area contributed by atoms with Crippen LogP contribution in [0.4, 0.5) is 23.7 Å². The van der Waals surface area contributed by atoms with E-state index < -0.39 is 17.9 Å². The third-order valence-electron chi connectivity index (χ3n) is 5.42. The van der Waals surface area contributed by atoms with E-state index in [0.29, 0.717) is 22.6 Å². The number of alkyl halides is 3. The van der Waals surface area contributed by atoms with Crippen LogP contribution in [0, 0.1) is 0 Å². The molecule has 164 valence electrons.